The fraction of sp³-hybridized carbons (Fsp3) is 0.227. The summed E-state index contributed by atoms with van der Waals surface area (Å²) in [6.07, 6.45) is 0.703. The normalized spacial score (nSPS) is 10.5. The summed E-state index contributed by atoms with van der Waals surface area (Å²) in [5.74, 6) is -0.253. The number of anilines is 1. The van der Waals surface area contributed by atoms with E-state index in [0.717, 1.165) is 22.2 Å². The van der Waals surface area contributed by atoms with E-state index >= 15 is 0 Å². The largest absolute Gasteiger partial charge is 0.497 e. The molecule has 28 heavy (non-hydrogen) atoms. The Bertz CT molecular complexity index is 1010. The van der Waals surface area contributed by atoms with Crippen LogP contribution < -0.4 is 10.1 Å². The molecule has 3 aromatic rings. The standard InChI is InChI=1S/C22H22N2O4/c1-4-18-14(2)21(17-7-5-6-8-19(17)24-18)22(26)28-13-20(25)23-15-9-11-16(27-3)12-10-15/h5-12H,4,13H2,1-3H3,(H,23,25). The van der Waals surface area contributed by atoms with Gasteiger partial charge in [0.15, 0.2) is 6.61 Å². The minimum Gasteiger partial charge on any atom is -0.497 e. The summed E-state index contributed by atoms with van der Waals surface area (Å²) >= 11 is 0. The predicted molar refractivity (Wildman–Crippen MR) is 108 cm³/mol. The Morgan fingerprint density at radius 3 is 2.46 bits per heavy atom. The average molecular weight is 378 g/mol. The van der Waals surface area contributed by atoms with Gasteiger partial charge >= 0.3 is 5.97 Å². The molecule has 1 amide bonds. The molecule has 0 bridgehead atoms. The van der Waals surface area contributed by atoms with Crippen molar-refractivity contribution in [3.8, 4) is 5.75 Å². The number of hydrogen-bond acceptors (Lipinski definition) is 5. The van der Waals surface area contributed by atoms with Crippen LogP contribution >= 0.6 is 0 Å². The Morgan fingerprint density at radius 2 is 1.79 bits per heavy atom. The Hall–Kier alpha value is -3.41. The molecule has 0 aliphatic rings. The molecule has 6 heteroatoms. The monoisotopic (exact) mass is 378 g/mol. The zero-order chi connectivity index (χ0) is 20.1. The maximum Gasteiger partial charge on any atom is 0.339 e. The number of amides is 1. The van der Waals surface area contributed by atoms with Gasteiger partial charge in [0.1, 0.15) is 5.75 Å². The van der Waals surface area contributed by atoms with Crippen LogP contribution in [0.4, 0.5) is 5.69 Å². The zero-order valence-corrected chi connectivity index (χ0v) is 16.1. The van der Waals surface area contributed by atoms with E-state index in [4.69, 9.17) is 9.47 Å². The first-order valence-electron chi connectivity index (χ1n) is 9.02. The Morgan fingerprint density at radius 1 is 1.07 bits per heavy atom. The molecule has 144 valence electrons. The molecule has 2 aromatic carbocycles. The van der Waals surface area contributed by atoms with Crippen molar-refractivity contribution in [3.63, 3.8) is 0 Å². The highest BCUT2D eigenvalue weighted by atomic mass is 16.5. The van der Waals surface area contributed by atoms with Gasteiger partial charge in [-0.15, -0.1) is 0 Å². The van der Waals surface area contributed by atoms with E-state index < -0.39 is 11.9 Å². The van der Waals surface area contributed by atoms with Crippen molar-refractivity contribution >= 4 is 28.5 Å². The molecule has 0 aliphatic carbocycles. The molecule has 0 spiro atoms. The van der Waals surface area contributed by atoms with Crippen molar-refractivity contribution < 1.29 is 19.1 Å². The zero-order valence-electron chi connectivity index (χ0n) is 16.1. The molecule has 0 saturated heterocycles. The number of ether oxygens (including phenoxy) is 2. The molecular formula is C22H22N2O4. The number of esters is 1. The minimum atomic E-state index is -0.532. The van der Waals surface area contributed by atoms with Crippen LogP contribution in [0, 0.1) is 6.92 Å². The molecule has 6 nitrogen and oxygen atoms in total. The first kappa shape index (κ1) is 19.4. The molecule has 3 rings (SSSR count). The van der Waals surface area contributed by atoms with E-state index in [1.807, 2.05) is 38.1 Å². The van der Waals surface area contributed by atoms with Crippen molar-refractivity contribution in [1.82, 2.24) is 4.98 Å². The molecule has 0 unspecified atom stereocenters. The van der Waals surface area contributed by atoms with Crippen LogP contribution in [0.3, 0.4) is 0 Å². The van der Waals surface area contributed by atoms with E-state index in [0.29, 0.717) is 23.4 Å². The van der Waals surface area contributed by atoms with Crippen molar-refractivity contribution in [2.24, 2.45) is 0 Å². The number of pyridine rings is 1. The van der Waals surface area contributed by atoms with E-state index in [1.165, 1.54) is 0 Å². The van der Waals surface area contributed by atoms with Gasteiger partial charge in [-0.3, -0.25) is 9.78 Å². The van der Waals surface area contributed by atoms with Gasteiger partial charge in [-0.2, -0.15) is 0 Å². The Balaban J connectivity index is 1.74. The lowest BCUT2D eigenvalue weighted by molar-refractivity contribution is -0.119. The van der Waals surface area contributed by atoms with Crippen molar-refractivity contribution in [1.29, 1.82) is 0 Å². The maximum absolute atomic E-state index is 12.7. The fourth-order valence-corrected chi connectivity index (χ4v) is 3.04. The van der Waals surface area contributed by atoms with E-state index in [-0.39, 0.29) is 6.61 Å². The number of methoxy groups -OCH3 is 1. The van der Waals surface area contributed by atoms with Gasteiger partial charge in [0, 0.05) is 16.8 Å². The van der Waals surface area contributed by atoms with Gasteiger partial charge in [0.2, 0.25) is 0 Å². The summed E-state index contributed by atoms with van der Waals surface area (Å²) in [5.41, 5.74) is 3.41. The lowest BCUT2D eigenvalue weighted by atomic mass is 10.0. The topological polar surface area (TPSA) is 77.5 Å². The molecular weight excluding hydrogens is 356 g/mol. The Kier molecular flexibility index (Phi) is 5.89. The van der Waals surface area contributed by atoms with E-state index in [1.54, 1.807) is 31.4 Å². The summed E-state index contributed by atoms with van der Waals surface area (Å²) in [6, 6.07) is 14.3. The number of nitrogens with one attached hydrogen (secondary N) is 1. The highest BCUT2D eigenvalue weighted by Crippen LogP contribution is 2.24. The number of carbonyl (C=O) groups excluding carboxylic acids is 2. The number of carbonyl (C=O) groups is 2. The van der Waals surface area contributed by atoms with Crippen LogP contribution in [0.25, 0.3) is 10.9 Å². The minimum absolute atomic E-state index is 0.373. The third-order valence-corrected chi connectivity index (χ3v) is 4.48. The van der Waals surface area contributed by atoms with Crippen LogP contribution in [0.2, 0.25) is 0 Å². The molecule has 0 aliphatic heterocycles. The van der Waals surface area contributed by atoms with Gasteiger partial charge < -0.3 is 14.8 Å². The lowest BCUT2D eigenvalue weighted by Crippen LogP contribution is -2.21. The predicted octanol–water partition coefficient (Wildman–Crippen LogP) is 3.91. The van der Waals surface area contributed by atoms with Crippen LogP contribution in [-0.4, -0.2) is 30.6 Å². The first-order chi connectivity index (χ1) is 13.5. The second kappa shape index (κ2) is 8.52. The SMILES string of the molecule is CCc1nc2ccccc2c(C(=O)OCC(=O)Nc2ccc(OC)cc2)c1C. The van der Waals surface area contributed by atoms with Crippen molar-refractivity contribution in [2.75, 3.05) is 19.0 Å². The van der Waals surface area contributed by atoms with Gasteiger partial charge in [-0.25, -0.2) is 4.79 Å². The van der Waals surface area contributed by atoms with Crippen molar-refractivity contribution in [3.05, 3.63) is 65.4 Å². The molecule has 0 radical (unpaired) electrons. The number of para-hydroxylation sites is 1. The highest BCUT2D eigenvalue weighted by molar-refractivity contribution is 6.05. The summed E-state index contributed by atoms with van der Waals surface area (Å²) < 4.78 is 10.4. The van der Waals surface area contributed by atoms with Gasteiger partial charge in [-0.1, -0.05) is 25.1 Å². The smallest absolute Gasteiger partial charge is 0.339 e. The van der Waals surface area contributed by atoms with Gasteiger partial charge in [-0.05, 0) is 49.2 Å². The highest BCUT2D eigenvalue weighted by Gasteiger charge is 2.19. The summed E-state index contributed by atoms with van der Waals surface area (Å²) in [5, 5.41) is 3.41. The van der Waals surface area contributed by atoms with Crippen molar-refractivity contribution in [2.45, 2.75) is 20.3 Å². The second-order valence-corrected chi connectivity index (χ2v) is 6.28. The quantitative estimate of drug-likeness (QED) is 0.658. The van der Waals surface area contributed by atoms with Gasteiger partial charge in [0.25, 0.3) is 5.91 Å². The third kappa shape index (κ3) is 4.11. The summed E-state index contributed by atoms with van der Waals surface area (Å²) in [7, 11) is 1.57. The number of rotatable bonds is 6. The molecule has 1 N–H and O–H groups in total. The fourth-order valence-electron chi connectivity index (χ4n) is 3.04. The summed E-state index contributed by atoms with van der Waals surface area (Å²) in [6.45, 7) is 3.47. The lowest BCUT2D eigenvalue weighted by Gasteiger charge is -2.13. The average Bonchev–Trinajstić information content (AvgIpc) is 2.72. The maximum atomic E-state index is 12.7. The number of aryl methyl sites for hydroxylation is 1. The Labute approximate surface area is 163 Å². The molecule has 0 atom stereocenters. The third-order valence-electron chi connectivity index (χ3n) is 4.48. The number of hydrogen-bond donors (Lipinski definition) is 1. The molecule has 0 saturated carbocycles. The molecule has 1 aromatic heterocycles. The number of aromatic nitrogens is 1. The van der Waals surface area contributed by atoms with Crippen LogP contribution in [-0.2, 0) is 16.0 Å². The molecule has 1 heterocycles. The number of benzene rings is 2. The van der Waals surface area contributed by atoms with E-state index in [2.05, 4.69) is 10.3 Å². The van der Waals surface area contributed by atoms with E-state index in [9.17, 15) is 9.59 Å². The number of fused-ring (bicyclic) bond motifs is 1. The summed E-state index contributed by atoms with van der Waals surface area (Å²) in [4.78, 5) is 29.5. The second-order valence-electron chi connectivity index (χ2n) is 6.28. The van der Waals surface area contributed by atoms with Gasteiger partial charge in [0.05, 0.1) is 18.2 Å². The van der Waals surface area contributed by atoms with Crippen LogP contribution in [0.5, 0.6) is 5.75 Å². The molecule has 0 fully saturated rings. The first-order valence-corrected chi connectivity index (χ1v) is 9.02. The number of nitrogens with zero attached hydrogens (tertiary/aromatic N) is 1. The van der Waals surface area contributed by atoms with Crippen LogP contribution in [0.15, 0.2) is 48.5 Å². The van der Waals surface area contributed by atoms with Crippen LogP contribution in [0.1, 0.15) is 28.5 Å².